The van der Waals surface area contributed by atoms with E-state index in [4.69, 9.17) is 9.47 Å². The number of hydrazone groups is 1. The molecule has 0 atom stereocenters. The highest BCUT2D eigenvalue weighted by molar-refractivity contribution is 9.10. The Balaban J connectivity index is 2.15. The maximum absolute atomic E-state index is 12.2. The molecule has 1 amide bonds. The number of hydrogen-bond donors (Lipinski definition) is 1. The minimum atomic E-state index is -3.75. The van der Waals surface area contributed by atoms with Crippen LogP contribution in [0, 0.1) is 0 Å². The van der Waals surface area contributed by atoms with E-state index in [1.54, 1.807) is 44.4 Å². The fourth-order valence-corrected chi connectivity index (χ4v) is 3.43. The van der Waals surface area contributed by atoms with E-state index in [2.05, 4.69) is 25.9 Å². The summed E-state index contributed by atoms with van der Waals surface area (Å²) in [5.41, 5.74) is 0.561. The van der Waals surface area contributed by atoms with Crippen LogP contribution in [-0.2, 0) is 14.8 Å². The number of likely N-dealkylation sites (N-methyl/N-ethyl adjacent to an activating group) is 1. The molecule has 1 N–H and O–H groups in total. The first-order valence-electron chi connectivity index (χ1n) is 8.05. The molecule has 0 spiro atoms. The van der Waals surface area contributed by atoms with Crippen LogP contribution in [0.25, 0.3) is 0 Å². The number of halogens is 1. The van der Waals surface area contributed by atoms with E-state index in [-0.39, 0.29) is 17.4 Å². The fourth-order valence-electron chi connectivity index (χ4n) is 2.04. The Labute approximate surface area is 172 Å². The summed E-state index contributed by atoms with van der Waals surface area (Å²) in [5.74, 6) is 0.530. The average Bonchev–Trinajstić information content (AvgIpc) is 2.67. The molecule has 2 rings (SSSR count). The van der Waals surface area contributed by atoms with Crippen LogP contribution in [0.1, 0.15) is 5.56 Å². The van der Waals surface area contributed by atoms with Crippen LogP contribution in [-0.4, -0.2) is 53.3 Å². The molecule has 0 saturated heterocycles. The second kappa shape index (κ2) is 9.56. The molecular formula is C18H20BrN3O5S. The minimum absolute atomic E-state index is 0.111. The zero-order valence-electron chi connectivity index (χ0n) is 15.5. The molecule has 0 bridgehead atoms. The number of rotatable bonds is 8. The Morgan fingerprint density at radius 1 is 1.25 bits per heavy atom. The summed E-state index contributed by atoms with van der Waals surface area (Å²) in [6.45, 7) is -0.147. The van der Waals surface area contributed by atoms with Crippen molar-refractivity contribution in [2.24, 2.45) is 5.10 Å². The Hall–Kier alpha value is -2.59. The first-order valence-corrected chi connectivity index (χ1v) is 10.3. The average molecular weight is 470 g/mol. The van der Waals surface area contributed by atoms with E-state index in [1.807, 2.05) is 0 Å². The smallest absolute Gasteiger partial charge is 0.276 e. The molecule has 0 aliphatic rings. The third kappa shape index (κ3) is 5.70. The van der Waals surface area contributed by atoms with Gasteiger partial charge < -0.3 is 14.4 Å². The van der Waals surface area contributed by atoms with Gasteiger partial charge in [0.25, 0.3) is 15.9 Å². The quantitative estimate of drug-likeness (QED) is 0.472. The highest BCUT2D eigenvalue weighted by atomic mass is 79.9. The van der Waals surface area contributed by atoms with Crippen molar-refractivity contribution in [1.82, 2.24) is 9.73 Å². The lowest BCUT2D eigenvalue weighted by atomic mass is 10.2. The Bertz CT molecular complexity index is 963. The summed E-state index contributed by atoms with van der Waals surface area (Å²) < 4.78 is 35.7. The third-order valence-corrected chi connectivity index (χ3v) is 5.36. The van der Waals surface area contributed by atoms with Crippen LogP contribution in [0.3, 0.4) is 0 Å². The van der Waals surface area contributed by atoms with Crippen LogP contribution < -0.4 is 14.3 Å². The number of ether oxygens (including phenoxy) is 2. The highest BCUT2D eigenvalue weighted by Gasteiger charge is 2.15. The van der Waals surface area contributed by atoms with Crippen molar-refractivity contribution in [3.05, 3.63) is 52.5 Å². The van der Waals surface area contributed by atoms with Gasteiger partial charge in [-0.3, -0.25) is 4.79 Å². The number of amides is 1. The molecule has 0 aliphatic heterocycles. The van der Waals surface area contributed by atoms with Crippen molar-refractivity contribution in [3.63, 3.8) is 0 Å². The third-order valence-electron chi connectivity index (χ3n) is 3.53. The van der Waals surface area contributed by atoms with Gasteiger partial charge in [-0.2, -0.15) is 13.5 Å². The van der Waals surface area contributed by atoms with E-state index < -0.39 is 10.0 Å². The Kier molecular flexibility index (Phi) is 7.41. The summed E-state index contributed by atoms with van der Waals surface area (Å²) >= 11 is 3.36. The maximum atomic E-state index is 12.2. The van der Waals surface area contributed by atoms with Crippen LogP contribution in [0.5, 0.6) is 11.5 Å². The number of methoxy groups -OCH3 is 1. The van der Waals surface area contributed by atoms with Crippen molar-refractivity contribution < 1.29 is 22.7 Å². The van der Waals surface area contributed by atoms with Gasteiger partial charge in [-0.1, -0.05) is 18.2 Å². The predicted octanol–water partition coefficient (Wildman–Crippen LogP) is 2.24. The lowest BCUT2D eigenvalue weighted by Crippen LogP contribution is -2.27. The topological polar surface area (TPSA) is 97.3 Å². The molecule has 0 radical (unpaired) electrons. The second-order valence-corrected chi connectivity index (χ2v) is 8.29. The van der Waals surface area contributed by atoms with Crippen molar-refractivity contribution in [3.8, 4) is 11.5 Å². The summed E-state index contributed by atoms with van der Waals surface area (Å²) in [6.07, 6.45) is 1.34. The zero-order chi connectivity index (χ0) is 20.7. The van der Waals surface area contributed by atoms with E-state index in [0.29, 0.717) is 21.5 Å². The first kappa shape index (κ1) is 21.7. The largest absolute Gasteiger partial charge is 0.493 e. The van der Waals surface area contributed by atoms with Crippen molar-refractivity contribution >= 4 is 38.1 Å². The number of sulfonamides is 1. The number of nitrogens with zero attached hydrogens (tertiary/aromatic N) is 2. The van der Waals surface area contributed by atoms with Crippen LogP contribution in [0.2, 0.25) is 0 Å². The van der Waals surface area contributed by atoms with E-state index in [9.17, 15) is 13.2 Å². The lowest BCUT2D eigenvalue weighted by Gasteiger charge is -2.15. The standard InChI is InChI=1S/C18H20BrN3O5S/c1-22(2)17(23)12-27-18-15(19)9-13(10-16(18)26-3)11-20-21-28(24,25)14-7-5-4-6-8-14/h4-11,21H,12H2,1-3H3. The molecular weight excluding hydrogens is 450 g/mol. The fraction of sp³-hybridized carbons (Fsp3) is 0.222. The number of benzene rings is 2. The number of carbonyl (C=O) groups is 1. The molecule has 28 heavy (non-hydrogen) atoms. The molecule has 0 aliphatic carbocycles. The van der Waals surface area contributed by atoms with Gasteiger partial charge in [-0.15, -0.1) is 0 Å². The highest BCUT2D eigenvalue weighted by Crippen LogP contribution is 2.36. The van der Waals surface area contributed by atoms with Crippen molar-refractivity contribution in [1.29, 1.82) is 0 Å². The van der Waals surface area contributed by atoms with Gasteiger partial charge in [0, 0.05) is 14.1 Å². The molecule has 10 heteroatoms. The molecule has 0 heterocycles. The van der Waals surface area contributed by atoms with E-state index >= 15 is 0 Å². The Morgan fingerprint density at radius 3 is 2.54 bits per heavy atom. The lowest BCUT2D eigenvalue weighted by molar-refractivity contribution is -0.130. The van der Waals surface area contributed by atoms with Crippen LogP contribution in [0.4, 0.5) is 0 Å². The number of nitrogens with one attached hydrogen (secondary N) is 1. The van der Waals surface area contributed by atoms with Crippen molar-refractivity contribution in [2.75, 3.05) is 27.8 Å². The summed E-state index contributed by atoms with van der Waals surface area (Å²) in [7, 11) is 0.977. The maximum Gasteiger partial charge on any atom is 0.276 e. The zero-order valence-corrected chi connectivity index (χ0v) is 18.0. The van der Waals surface area contributed by atoms with Gasteiger partial charge in [-0.05, 0) is 45.8 Å². The molecule has 2 aromatic carbocycles. The summed E-state index contributed by atoms with van der Waals surface area (Å²) in [5, 5.41) is 3.79. The molecule has 0 unspecified atom stereocenters. The van der Waals surface area contributed by atoms with Crippen LogP contribution in [0.15, 0.2) is 56.9 Å². The van der Waals surface area contributed by atoms with E-state index in [1.165, 1.54) is 30.4 Å². The SMILES string of the molecule is COc1cc(C=NNS(=O)(=O)c2ccccc2)cc(Br)c1OCC(=O)N(C)C. The molecule has 0 saturated carbocycles. The molecule has 150 valence electrons. The first-order chi connectivity index (χ1) is 13.2. The molecule has 2 aromatic rings. The monoisotopic (exact) mass is 469 g/mol. The summed E-state index contributed by atoms with van der Waals surface area (Å²) in [4.78, 5) is 15.4. The van der Waals surface area contributed by atoms with Crippen LogP contribution >= 0.6 is 15.9 Å². The predicted molar refractivity (Wildman–Crippen MR) is 109 cm³/mol. The van der Waals surface area contributed by atoms with Gasteiger partial charge in [0.15, 0.2) is 18.1 Å². The van der Waals surface area contributed by atoms with Gasteiger partial charge in [0.05, 0.1) is 22.7 Å². The van der Waals surface area contributed by atoms with Gasteiger partial charge in [-0.25, -0.2) is 4.83 Å². The molecule has 0 fully saturated rings. The van der Waals surface area contributed by atoms with E-state index in [0.717, 1.165) is 0 Å². The van der Waals surface area contributed by atoms with Gasteiger partial charge in [0.2, 0.25) is 0 Å². The number of carbonyl (C=O) groups excluding carboxylic acids is 1. The molecule has 0 aromatic heterocycles. The Morgan fingerprint density at radius 2 is 1.93 bits per heavy atom. The minimum Gasteiger partial charge on any atom is -0.493 e. The van der Waals surface area contributed by atoms with Crippen molar-refractivity contribution in [2.45, 2.75) is 4.90 Å². The molecule has 8 nitrogen and oxygen atoms in total. The van der Waals surface area contributed by atoms with Gasteiger partial charge in [0.1, 0.15) is 0 Å². The normalized spacial score (nSPS) is 11.3. The second-order valence-electron chi connectivity index (χ2n) is 5.78. The number of hydrogen-bond acceptors (Lipinski definition) is 6. The van der Waals surface area contributed by atoms with Gasteiger partial charge >= 0.3 is 0 Å². The summed E-state index contributed by atoms with van der Waals surface area (Å²) in [6, 6.07) is 11.2.